The van der Waals surface area contributed by atoms with E-state index in [1.54, 1.807) is 24.3 Å². The maximum Gasteiger partial charge on any atom is 0.416 e. The van der Waals surface area contributed by atoms with Crippen molar-refractivity contribution in [2.45, 2.75) is 12.2 Å². The fourth-order valence-corrected chi connectivity index (χ4v) is 2.32. The highest BCUT2D eigenvalue weighted by Crippen LogP contribution is 2.36. The maximum atomic E-state index is 13.0. The molecule has 1 unspecified atom stereocenters. The van der Waals surface area contributed by atoms with Gasteiger partial charge in [-0.15, -0.1) is 0 Å². The van der Waals surface area contributed by atoms with Crippen molar-refractivity contribution >= 4 is 21.6 Å². The van der Waals surface area contributed by atoms with Crippen LogP contribution in [0.15, 0.2) is 53.0 Å². The van der Waals surface area contributed by atoms with Crippen molar-refractivity contribution in [2.24, 2.45) is 0 Å². The Morgan fingerprint density at radius 1 is 1.05 bits per heavy atom. The normalized spacial score (nSPS) is 12.5. The Morgan fingerprint density at radius 2 is 1.67 bits per heavy atom. The Bertz CT molecular complexity index is 677. The molecule has 0 radical (unpaired) electrons. The van der Waals surface area contributed by atoms with Crippen LogP contribution in [0.5, 0.6) is 0 Å². The first-order valence-corrected chi connectivity index (χ1v) is 6.79. The molecule has 0 aromatic heterocycles. The summed E-state index contributed by atoms with van der Waals surface area (Å²) >= 11 is 3.29. The summed E-state index contributed by atoms with van der Waals surface area (Å²) in [6.45, 7) is 0. The van der Waals surface area contributed by atoms with E-state index in [-0.39, 0.29) is 5.56 Å². The summed E-state index contributed by atoms with van der Waals surface area (Å²) in [4.78, 5) is 0. The molecule has 0 saturated heterocycles. The molecule has 0 heterocycles. The van der Waals surface area contributed by atoms with Gasteiger partial charge in [0.2, 0.25) is 0 Å². The molecule has 1 atom stereocenters. The standard InChI is InChI=1S/C15H10BrF3N2/c16-12-7-3-4-8-13(12)21-14(9-20)10-5-1-2-6-11(10)15(17,18)19/h1-8,14,21H. The van der Waals surface area contributed by atoms with Crippen molar-refractivity contribution < 1.29 is 13.2 Å². The van der Waals surface area contributed by atoms with Crippen LogP contribution >= 0.6 is 15.9 Å². The van der Waals surface area contributed by atoms with Crippen LogP contribution in [0.3, 0.4) is 0 Å². The van der Waals surface area contributed by atoms with E-state index in [2.05, 4.69) is 21.2 Å². The van der Waals surface area contributed by atoms with Gasteiger partial charge in [-0.2, -0.15) is 18.4 Å². The minimum absolute atomic E-state index is 0.0942. The molecule has 2 aromatic rings. The molecule has 21 heavy (non-hydrogen) atoms. The van der Waals surface area contributed by atoms with Crippen molar-refractivity contribution in [2.75, 3.05) is 5.32 Å². The van der Waals surface area contributed by atoms with Crippen molar-refractivity contribution in [3.05, 3.63) is 64.1 Å². The Hall–Kier alpha value is -2.00. The lowest BCUT2D eigenvalue weighted by Gasteiger charge is -2.19. The number of benzene rings is 2. The molecule has 0 bridgehead atoms. The van der Waals surface area contributed by atoms with E-state index in [0.29, 0.717) is 10.2 Å². The Kier molecular flexibility index (Phi) is 4.53. The van der Waals surface area contributed by atoms with Crippen LogP contribution in [0.1, 0.15) is 17.2 Å². The number of rotatable bonds is 3. The average molecular weight is 355 g/mol. The number of nitrogens with one attached hydrogen (secondary N) is 1. The van der Waals surface area contributed by atoms with Gasteiger partial charge in [0.25, 0.3) is 0 Å². The van der Waals surface area contributed by atoms with E-state index in [9.17, 15) is 18.4 Å². The van der Waals surface area contributed by atoms with Gasteiger partial charge in [0, 0.05) is 15.7 Å². The van der Waals surface area contributed by atoms with Crippen LogP contribution in [0.2, 0.25) is 0 Å². The van der Waals surface area contributed by atoms with Crippen LogP contribution < -0.4 is 5.32 Å². The maximum absolute atomic E-state index is 13.0. The zero-order chi connectivity index (χ0) is 15.5. The highest BCUT2D eigenvalue weighted by Gasteiger charge is 2.35. The quantitative estimate of drug-likeness (QED) is 0.827. The van der Waals surface area contributed by atoms with Gasteiger partial charge in [0.1, 0.15) is 6.04 Å². The number of hydrogen-bond donors (Lipinski definition) is 1. The SMILES string of the molecule is N#CC(Nc1ccccc1Br)c1ccccc1C(F)(F)F. The van der Waals surface area contributed by atoms with Crippen LogP contribution in [0.4, 0.5) is 18.9 Å². The highest BCUT2D eigenvalue weighted by atomic mass is 79.9. The van der Waals surface area contributed by atoms with Crippen molar-refractivity contribution in [1.82, 2.24) is 0 Å². The third-order valence-corrected chi connectivity index (χ3v) is 3.57. The fourth-order valence-electron chi connectivity index (χ4n) is 1.92. The van der Waals surface area contributed by atoms with Gasteiger partial charge in [-0.25, -0.2) is 0 Å². The molecule has 0 aliphatic carbocycles. The second-order valence-electron chi connectivity index (χ2n) is 4.27. The minimum atomic E-state index is -4.50. The summed E-state index contributed by atoms with van der Waals surface area (Å²) in [5.41, 5.74) is -0.347. The molecule has 0 aliphatic rings. The van der Waals surface area contributed by atoms with E-state index < -0.39 is 17.8 Å². The van der Waals surface area contributed by atoms with E-state index in [0.717, 1.165) is 6.07 Å². The van der Waals surface area contributed by atoms with Crippen molar-refractivity contribution in [3.8, 4) is 6.07 Å². The van der Waals surface area contributed by atoms with Crippen LogP contribution in [-0.4, -0.2) is 0 Å². The summed E-state index contributed by atoms with van der Waals surface area (Å²) < 4.78 is 39.7. The first-order valence-electron chi connectivity index (χ1n) is 6.00. The molecule has 0 fully saturated rings. The number of nitriles is 1. The van der Waals surface area contributed by atoms with Crippen molar-refractivity contribution in [1.29, 1.82) is 5.26 Å². The number of halogens is 4. The number of nitrogens with zero attached hydrogens (tertiary/aromatic N) is 1. The summed E-state index contributed by atoms with van der Waals surface area (Å²) in [6, 6.07) is 12.8. The van der Waals surface area contributed by atoms with E-state index in [1.807, 2.05) is 6.07 Å². The molecule has 2 aromatic carbocycles. The molecule has 2 rings (SSSR count). The first kappa shape index (κ1) is 15.4. The van der Waals surface area contributed by atoms with E-state index in [4.69, 9.17) is 0 Å². The summed E-state index contributed by atoms with van der Waals surface area (Å²) in [7, 11) is 0. The Morgan fingerprint density at radius 3 is 2.29 bits per heavy atom. The van der Waals surface area contributed by atoms with Crippen LogP contribution in [0.25, 0.3) is 0 Å². The Labute approximate surface area is 128 Å². The number of hydrogen-bond acceptors (Lipinski definition) is 2. The van der Waals surface area contributed by atoms with Gasteiger partial charge in [-0.05, 0) is 34.1 Å². The molecule has 0 amide bonds. The molecule has 108 valence electrons. The topological polar surface area (TPSA) is 35.8 Å². The van der Waals surface area contributed by atoms with Crippen LogP contribution in [0, 0.1) is 11.3 Å². The predicted molar refractivity (Wildman–Crippen MR) is 77.6 cm³/mol. The van der Waals surface area contributed by atoms with Gasteiger partial charge >= 0.3 is 6.18 Å². The molecule has 1 N–H and O–H groups in total. The second-order valence-corrected chi connectivity index (χ2v) is 5.13. The van der Waals surface area contributed by atoms with Gasteiger partial charge in [-0.3, -0.25) is 0 Å². The van der Waals surface area contributed by atoms with Gasteiger partial charge in [0.15, 0.2) is 0 Å². The minimum Gasteiger partial charge on any atom is -0.365 e. The molecule has 6 heteroatoms. The summed E-state index contributed by atoms with van der Waals surface area (Å²) in [5, 5.41) is 12.0. The number of alkyl halides is 3. The van der Waals surface area contributed by atoms with E-state index >= 15 is 0 Å². The molecule has 0 aliphatic heterocycles. The van der Waals surface area contributed by atoms with Gasteiger partial charge in [0.05, 0.1) is 11.6 Å². The van der Waals surface area contributed by atoms with E-state index in [1.165, 1.54) is 18.2 Å². The third-order valence-electron chi connectivity index (χ3n) is 2.88. The zero-order valence-electron chi connectivity index (χ0n) is 10.7. The molecular formula is C15H10BrF3N2. The molecule has 0 spiro atoms. The number of para-hydroxylation sites is 1. The van der Waals surface area contributed by atoms with Crippen molar-refractivity contribution in [3.63, 3.8) is 0 Å². The predicted octanol–water partition coefficient (Wildman–Crippen LogP) is 5.14. The highest BCUT2D eigenvalue weighted by molar-refractivity contribution is 9.10. The largest absolute Gasteiger partial charge is 0.416 e. The lowest BCUT2D eigenvalue weighted by molar-refractivity contribution is -0.138. The summed E-state index contributed by atoms with van der Waals surface area (Å²) in [6.07, 6.45) is -4.50. The fraction of sp³-hybridized carbons (Fsp3) is 0.133. The second kappa shape index (κ2) is 6.19. The molecular weight excluding hydrogens is 345 g/mol. The Balaban J connectivity index is 2.40. The molecule has 0 saturated carbocycles. The summed E-state index contributed by atoms with van der Waals surface area (Å²) in [5.74, 6) is 0. The number of anilines is 1. The lowest BCUT2D eigenvalue weighted by Crippen LogP contribution is -2.16. The zero-order valence-corrected chi connectivity index (χ0v) is 12.2. The average Bonchev–Trinajstić information content (AvgIpc) is 2.45. The molecule has 2 nitrogen and oxygen atoms in total. The first-order chi connectivity index (χ1) is 9.93. The smallest absolute Gasteiger partial charge is 0.365 e. The van der Waals surface area contributed by atoms with Gasteiger partial charge in [-0.1, -0.05) is 30.3 Å². The lowest BCUT2D eigenvalue weighted by atomic mass is 10.0. The van der Waals surface area contributed by atoms with Gasteiger partial charge < -0.3 is 5.32 Å². The monoisotopic (exact) mass is 354 g/mol. The van der Waals surface area contributed by atoms with Crippen LogP contribution in [-0.2, 0) is 6.18 Å². The third kappa shape index (κ3) is 3.56.